The van der Waals surface area contributed by atoms with Crippen molar-refractivity contribution >= 4 is 40.1 Å². The molecule has 0 bridgehead atoms. The molecule has 1 amide bonds. The maximum atomic E-state index is 12.4. The van der Waals surface area contributed by atoms with E-state index in [1.54, 1.807) is 12.3 Å². The van der Waals surface area contributed by atoms with Crippen LogP contribution >= 0.6 is 0 Å². The molecule has 3 heterocycles. The number of ether oxygens (including phenoxy) is 3. The Hall–Kier alpha value is -4.87. The Bertz CT molecular complexity index is 1510. The van der Waals surface area contributed by atoms with Crippen LogP contribution in [0, 0.1) is 0 Å². The van der Waals surface area contributed by atoms with Crippen molar-refractivity contribution in [3.05, 3.63) is 90.9 Å². The van der Waals surface area contributed by atoms with Crippen molar-refractivity contribution in [3.8, 4) is 5.75 Å². The van der Waals surface area contributed by atoms with Gasteiger partial charge in [0.25, 0.3) is 0 Å². The van der Waals surface area contributed by atoms with Crippen molar-refractivity contribution in [2.75, 3.05) is 50.1 Å². The van der Waals surface area contributed by atoms with Crippen LogP contribution in [0.1, 0.15) is 12.0 Å². The summed E-state index contributed by atoms with van der Waals surface area (Å²) >= 11 is 0. The van der Waals surface area contributed by atoms with Gasteiger partial charge in [-0.1, -0.05) is 30.3 Å². The van der Waals surface area contributed by atoms with Crippen LogP contribution < -0.4 is 15.4 Å². The van der Waals surface area contributed by atoms with Gasteiger partial charge >= 0.3 is 5.97 Å². The van der Waals surface area contributed by atoms with E-state index in [2.05, 4.69) is 30.5 Å². The van der Waals surface area contributed by atoms with Crippen LogP contribution in [0.5, 0.6) is 5.75 Å². The normalized spacial score (nSPS) is 13.6. The number of carbonyl (C=O) groups is 2. The molecule has 0 unspecified atom stereocenters. The molecule has 1 aliphatic heterocycles. The fraction of sp³-hybridized carbons (Fsp3) is 0.258. The number of pyridine rings is 1. The Morgan fingerprint density at radius 2 is 1.79 bits per heavy atom. The van der Waals surface area contributed by atoms with Gasteiger partial charge in [0.05, 0.1) is 31.5 Å². The SMILES string of the molecule is O=C(/C=C/C(=O)OCCCN1CCOCC1)Nc1cc2c(Nc3ccc(OCc4ccccc4)cc3)ncnc2cn1. The first-order valence-electron chi connectivity index (χ1n) is 13.7. The highest BCUT2D eigenvalue weighted by Crippen LogP contribution is 2.26. The summed E-state index contributed by atoms with van der Waals surface area (Å²) < 4.78 is 16.4. The van der Waals surface area contributed by atoms with Gasteiger partial charge in [-0.25, -0.2) is 19.7 Å². The Kier molecular flexibility index (Phi) is 10.0. The van der Waals surface area contributed by atoms with E-state index in [0.29, 0.717) is 29.1 Å². The van der Waals surface area contributed by atoms with Crippen LogP contribution in [0.2, 0.25) is 0 Å². The number of aromatic nitrogens is 3. The zero-order chi connectivity index (χ0) is 29.0. The molecule has 2 N–H and O–H groups in total. The van der Waals surface area contributed by atoms with E-state index >= 15 is 0 Å². The van der Waals surface area contributed by atoms with Gasteiger partial charge in [0.15, 0.2) is 0 Å². The van der Waals surface area contributed by atoms with Crippen molar-refractivity contribution < 1.29 is 23.8 Å². The number of rotatable bonds is 12. The minimum atomic E-state index is -0.574. The van der Waals surface area contributed by atoms with Crippen LogP contribution in [-0.4, -0.2) is 71.2 Å². The molecule has 11 heteroatoms. The predicted octanol–water partition coefficient (Wildman–Crippen LogP) is 4.11. The number of carbonyl (C=O) groups excluding carboxylic acids is 2. The first-order chi connectivity index (χ1) is 20.6. The van der Waals surface area contributed by atoms with Crippen LogP contribution in [0.25, 0.3) is 10.9 Å². The third-order valence-electron chi connectivity index (χ3n) is 6.48. The van der Waals surface area contributed by atoms with Gasteiger partial charge in [-0.05, 0) is 42.3 Å². The van der Waals surface area contributed by atoms with Crippen molar-refractivity contribution in [3.63, 3.8) is 0 Å². The van der Waals surface area contributed by atoms with Crippen molar-refractivity contribution in [1.82, 2.24) is 19.9 Å². The minimum Gasteiger partial charge on any atom is -0.489 e. The van der Waals surface area contributed by atoms with E-state index in [0.717, 1.165) is 68.4 Å². The number of hydrogen-bond acceptors (Lipinski definition) is 10. The van der Waals surface area contributed by atoms with Gasteiger partial charge in [-0.3, -0.25) is 9.69 Å². The zero-order valence-electron chi connectivity index (χ0n) is 23.1. The van der Waals surface area contributed by atoms with Crippen LogP contribution in [-0.2, 0) is 25.7 Å². The molecular weight excluding hydrogens is 536 g/mol. The Labute approximate surface area is 243 Å². The summed E-state index contributed by atoms with van der Waals surface area (Å²) in [5.74, 6) is 0.501. The lowest BCUT2D eigenvalue weighted by molar-refractivity contribution is -0.138. The Morgan fingerprint density at radius 3 is 2.60 bits per heavy atom. The molecular formula is C31H32N6O5. The Balaban J connectivity index is 1.13. The highest BCUT2D eigenvalue weighted by atomic mass is 16.5. The molecule has 0 atom stereocenters. The van der Waals surface area contributed by atoms with Crippen molar-refractivity contribution in [2.45, 2.75) is 13.0 Å². The second kappa shape index (κ2) is 14.7. The first-order valence-corrected chi connectivity index (χ1v) is 13.7. The molecule has 216 valence electrons. The number of esters is 1. The van der Waals surface area contributed by atoms with E-state index in [1.807, 2.05) is 54.6 Å². The number of morpholine rings is 1. The third-order valence-corrected chi connectivity index (χ3v) is 6.48. The van der Waals surface area contributed by atoms with E-state index in [-0.39, 0.29) is 6.61 Å². The maximum Gasteiger partial charge on any atom is 0.330 e. The topological polar surface area (TPSA) is 128 Å². The fourth-order valence-corrected chi connectivity index (χ4v) is 4.28. The molecule has 2 aromatic heterocycles. The lowest BCUT2D eigenvalue weighted by Crippen LogP contribution is -2.37. The second-order valence-corrected chi connectivity index (χ2v) is 9.53. The smallest absolute Gasteiger partial charge is 0.330 e. The molecule has 0 radical (unpaired) electrons. The number of hydrogen-bond donors (Lipinski definition) is 2. The highest BCUT2D eigenvalue weighted by Gasteiger charge is 2.11. The van der Waals surface area contributed by atoms with E-state index < -0.39 is 11.9 Å². The number of anilines is 3. The van der Waals surface area contributed by atoms with Crippen molar-refractivity contribution in [2.24, 2.45) is 0 Å². The summed E-state index contributed by atoms with van der Waals surface area (Å²) in [7, 11) is 0. The van der Waals surface area contributed by atoms with E-state index in [9.17, 15) is 9.59 Å². The summed E-state index contributed by atoms with van der Waals surface area (Å²) in [6, 6.07) is 19.2. The first kappa shape index (κ1) is 28.7. The molecule has 4 aromatic rings. The second-order valence-electron chi connectivity index (χ2n) is 9.53. The zero-order valence-corrected chi connectivity index (χ0v) is 23.1. The number of fused-ring (bicyclic) bond motifs is 1. The van der Waals surface area contributed by atoms with Crippen LogP contribution in [0.15, 0.2) is 85.3 Å². The number of amides is 1. The van der Waals surface area contributed by atoms with Crippen LogP contribution in [0.3, 0.4) is 0 Å². The van der Waals surface area contributed by atoms with E-state index in [4.69, 9.17) is 14.2 Å². The van der Waals surface area contributed by atoms with Crippen LogP contribution in [0.4, 0.5) is 17.3 Å². The molecule has 0 saturated carbocycles. The summed E-state index contributed by atoms with van der Waals surface area (Å²) in [4.78, 5) is 39.6. The molecule has 2 aromatic carbocycles. The Morgan fingerprint density at radius 1 is 0.976 bits per heavy atom. The largest absolute Gasteiger partial charge is 0.489 e. The molecule has 11 nitrogen and oxygen atoms in total. The number of nitrogens with one attached hydrogen (secondary N) is 2. The molecule has 0 spiro atoms. The number of nitrogens with zero attached hydrogens (tertiary/aromatic N) is 4. The van der Waals surface area contributed by atoms with Gasteiger partial charge in [-0.15, -0.1) is 0 Å². The average molecular weight is 569 g/mol. The fourth-order valence-electron chi connectivity index (χ4n) is 4.28. The maximum absolute atomic E-state index is 12.4. The molecule has 1 aliphatic rings. The summed E-state index contributed by atoms with van der Waals surface area (Å²) in [5.41, 5.74) is 2.49. The molecule has 5 rings (SSSR count). The lowest BCUT2D eigenvalue weighted by atomic mass is 10.2. The molecule has 0 aliphatic carbocycles. The third kappa shape index (κ3) is 8.56. The van der Waals surface area contributed by atoms with Gasteiger partial charge in [0, 0.05) is 42.9 Å². The van der Waals surface area contributed by atoms with Gasteiger partial charge in [0.2, 0.25) is 5.91 Å². The molecule has 1 fully saturated rings. The number of benzene rings is 2. The minimum absolute atomic E-state index is 0.285. The lowest BCUT2D eigenvalue weighted by Gasteiger charge is -2.26. The van der Waals surface area contributed by atoms with Gasteiger partial charge in [0.1, 0.15) is 30.3 Å². The average Bonchev–Trinajstić information content (AvgIpc) is 3.03. The van der Waals surface area contributed by atoms with E-state index in [1.165, 1.54) is 6.33 Å². The monoisotopic (exact) mass is 568 g/mol. The molecule has 1 saturated heterocycles. The van der Waals surface area contributed by atoms with Gasteiger partial charge < -0.3 is 24.8 Å². The summed E-state index contributed by atoms with van der Waals surface area (Å²) in [6.45, 7) is 4.84. The summed E-state index contributed by atoms with van der Waals surface area (Å²) in [5, 5.41) is 6.61. The summed E-state index contributed by atoms with van der Waals surface area (Å²) in [6.07, 6.45) is 5.94. The van der Waals surface area contributed by atoms with Gasteiger partial charge in [-0.2, -0.15) is 0 Å². The molecule has 42 heavy (non-hydrogen) atoms. The predicted molar refractivity (Wildman–Crippen MR) is 158 cm³/mol. The van der Waals surface area contributed by atoms with Crippen molar-refractivity contribution in [1.29, 1.82) is 0 Å². The highest BCUT2D eigenvalue weighted by molar-refractivity contribution is 6.03. The quantitative estimate of drug-likeness (QED) is 0.146. The standard InChI is InChI=1S/C31H32N6O5/c38-29(11-12-30(39)41-16-4-13-37-14-17-40-18-15-37)36-28-19-26-27(20-32-28)33-22-34-31(26)35-24-7-9-25(10-8-24)42-21-23-5-2-1-3-6-23/h1-3,5-12,19-20,22H,4,13-18,21H2,(H,32,36,38)(H,33,34,35)/b12-11+.